The minimum absolute atomic E-state index is 0.0246. The molecule has 1 aromatic heterocycles. The number of fused-ring (bicyclic) bond motifs is 1. The Bertz CT molecular complexity index is 1190. The fourth-order valence-electron chi connectivity index (χ4n) is 3.84. The summed E-state index contributed by atoms with van der Waals surface area (Å²) in [4.78, 5) is 38.6. The number of likely N-dealkylation sites (N-methyl/N-ethyl adjacent to an activating group) is 1. The van der Waals surface area contributed by atoms with Crippen molar-refractivity contribution < 1.29 is 19.1 Å². The van der Waals surface area contributed by atoms with E-state index in [-0.39, 0.29) is 36.8 Å². The molecule has 0 saturated heterocycles. The van der Waals surface area contributed by atoms with Crippen molar-refractivity contribution in [2.24, 2.45) is 5.92 Å². The second kappa shape index (κ2) is 10.4. The summed E-state index contributed by atoms with van der Waals surface area (Å²) in [6, 6.07) is 14.5. The van der Waals surface area contributed by atoms with Gasteiger partial charge in [0.1, 0.15) is 12.3 Å². The summed E-state index contributed by atoms with van der Waals surface area (Å²) in [6.45, 7) is 5.44. The number of nitrogens with one attached hydrogen (secondary N) is 2. The number of carbonyl (C=O) groups excluding carboxylic acids is 3. The van der Waals surface area contributed by atoms with Crippen molar-refractivity contribution in [2.45, 2.75) is 33.2 Å². The van der Waals surface area contributed by atoms with Crippen LogP contribution in [-0.2, 0) is 20.9 Å². The van der Waals surface area contributed by atoms with Crippen LogP contribution in [0.25, 0.3) is 10.9 Å². The van der Waals surface area contributed by atoms with Crippen LogP contribution in [0.1, 0.15) is 26.7 Å². The Kier molecular flexibility index (Phi) is 7.15. The highest BCUT2D eigenvalue weighted by molar-refractivity contribution is 5.95. The van der Waals surface area contributed by atoms with Gasteiger partial charge in [-0.05, 0) is 63.1 Å². The van der Waals surface area contributed by atoms with Gasteiger partial charge in [0.05, 0.1) is 0 Å². The predicted molar refractivity (Wildman–Crippen MR) is 132 cm³/mol. The largest absolute Gasteiger partial charge is 0.484 e. The highest BCUT2D eigenvalue weighted by Crippen LogP contribution is 2.30. The highest BCUT2D eigenvalue weighted by atomic mass is 16.5. The van der Waals surface area contributed by atoms with Crippen LogP contribution in [0.15, 0.2) is 54.7 Å². The summed E-state index contributed by atoms with van der Waals surface area (Å²) < 4.78 is 7.52. The molecular weight excluding hydrogens is 432 g/mol. The molecule has 0 aliphatic heterocycles. The molecule has 0 spiro atoms. The molecule has 3 aromatic rings. The van der Waals surface area contributed by atoms with Crippen molar-refractivity contribution in [3.8, 4) is 5.75 Å². The topological polar surface area (TPSA) is 92.7 Å². The van der Waals surface area contributed by atoms with Crippen LogP contribution in [0.2, 0.25) is 0 Å². The van der Waals surface area contributed by atoms with E-state index in [1.165, 1.54) is 0 Å². The molecule has 0 bridgehead atoms. The second-order valence-corrected chi connectivity index (χ2v) is 8.41. The van der Waals surface area contributed by atoms with Gasteiger partial charge in [0.2, 0.25) is 11.8 Å². The SMILES string of the molecule is CCN(CC)C(=O)Cn1ccc2cc(NC(=O)COc3cccc(NC(=O)C4CC4)c3)ccc21. The first-order chi connectivity index (χ1) is 16.5. The molecule has 0 unspecified atom stereocenters. The van der Waals surface area contributed by atoms with E-state index < -0.39 is 0 Å². The molecule has 4 rings (SSSR count). The molecule has 1 fully saturated rings. The normalized spacial score (nSPS) is 12.9. The van der Waals surface area contributed by atoms with E-state index in [0.29, 0.717) is 30.2 Å². The molecular formula is C26H30N4O4. The quantitative estimate of drug-likeness (QED) is 0.478. The average molecular weight is 463 g/mol. The van der Waals surface area contributed by atoms with Crippen molar-refractivity contribution in [2.75, 3.05) is 30.3 Å². The Morgan fingerprint density at radius 3 is 2.50 bits per heavy atom. The number of ether oxygens (including phenoxy) is 1. The van der Waals surface area contributed by atoms with Crippen LogP contribution < -0.4 is 15.4 Å². The predicted octanol–water partition coefficient (Wildman–Crippen LogP) is 3.88. The first kappa shape index (κ1) is 23.4. The Balaban J connectivity index is 1.32. The smallest absolute Gasteiger partial charge is 0.262 e. The van der Waals surface area contributed by atoms with Crippen LogP contribution in [0.3, 0.4) is 0 Å². The van der Waals surface area contributed by atoms with Crippen LogP contribution in [0.4, 0.5) is 11.4 Å². The lowest BCUT2D eigenvalue weighted by Gasteiger charge is -2.19. The molecule has 0 radical (unpaired) electrons. The van der Waals surface area contributed by atoms with E-state index in [1.54, 1.807) is 29.2 Å². The number of aromatic nitrogens is 1. The van der Waals surface area contributed by atoms with Gasteiger partial charge in [0, 0.05) is 53.5 Å². The summed E-state index contributed by atoms with van der Waals surface area (Å²) in [5, 5.41) is 6.65. The first-order valence-corrected chi connectivity index (χ1v) is 11.7. The van der Waals surface area contributed by atoms with Gasteiger partial charge in [-0.2, -0.15) is 0 Å². The van der Waals surface area contributed by atoms with Crippen LogP contribution in [0.5, 0.6) is 5.75 Å². The van der Waals surface area contributed by atoms with E-state index in [4.69, 9.17) is 4.74 Å². The third-order valence-electron chi connectivity index (χ3n) is 5.90. The van der Waals surface area contributed by atoms with Gasteiger partial charge in [-0.15, -0.1) is 0 Å². The summed E-state index contributed by atoms with van der Waals surface area (Å²) in [5.74, 6) is 0.439. The third kappa shape index (κ3) is 5.75. The van der Waals surface area contributed by atoms with E-state index in [9.17, 15) is 14.4 Å². The lowest BCUT2D eigenvalue weighted by molar-refractivity contribution is -0.131. The first-order valence-electron chi connectivity index (χ1n) is 11.7. The molecule has 2 aromatic carbocycles. The van der Waals surface area contributed by atoms with Crippen molar-refractivity contribution in [1.82, 2.24) is 9.47 Å². The highest BCUT2D eigenvalue weighted by Gasteiger charge is 2.29. The number of hydrogen-bond donors (Lipinski definition) is 2. The number of anilines is 2. The number of rotatable bonds is 10. The van der Waals surface area contributed by atoms with Crippen molar-refractivity contribution in [3.05, 3.63) is 54.7 Å². The molecule has 1 aliphatic carbocycles. The lowest BCUT2D eigenvalue weighted by atomic mass is 10.2. The van der Waals surface area contributed by atoms with Crippen molar-refractivity contribution in [3.63, 3.8) is 0 Å². The molecule has 1 heterocycles. The number of hydrogen-bond acceptors (Lipinski definition) is 4. The van der Waals surface area contributed by atoms with E-state index >= 15 is 0 Å². The lowest BCUT2D eigenvalue weighted by Crippen LogP contribution is -2.33. The third-order valence-corrected chi connectivity index (χ3v) is 5.90. The number of carbonyl (C=O) groups is 3. The molecule has 0 atom stereocenters. The monoisotopic (exact) mass is 462 g/mol. The fraction of sp³-hybridized carbons (Fsp3) is 0.346. The summed E-state index contributed by atoms with van der Waals surface area (Å²) in [6.07, 6.45) is 3.76. The number of amides is 3. The van der Waals surface area contributed by atoms with Crippen LogP contribution in [0, 0.1) is 5.92 Å². The second-order valence-electron chi connectivity index (χ2n) is 8.41. The standard InChI is InChI=1S/C26H30N4O4/c1-3-29(4-2)25(32)16-30-13-12-19-14-21(10-11-23(19)30)27-24(31)17-34-22-7-5-6-20(15-22)28-26(33)18-8-9-18/h5-7,10-15,18H,3-4,8-9,16-17H2,1-2H3,(H,27,31)(H,28,33). The van der Waals surface area contributed by atoms with E-state index in [2.05, 4.69) is 10.6 Å². The molecule has 1 saturated carbocycles. The van der Waals surface area contributed by atoms with Crippen LogP contribution in [-0.4, -0.2) is 46.9 Å². The summed E-state index contributed by atoms with van der Waals surface area (Å²) >= 11 is 0. The molecule has 8 heteroatoms. The minimum atomic E-state index is -0.289. The Labute approximate surface area is 198 Å². The maximum atomic E-state index is 12.4. The van der Waals surface area contributed by atoms with Crippen molar-refractivity contribution in [1.29, 1.82) is 0 Å². The maximum absolute atomic E-state index is 12.4. The van der Waals surface area contributed by atoms with Crippen LogP contribution >= 0.6 is 0 Å². The molecule has 2 N–H and O–H groups in total. The Morgan fingerprint density at radius 1 is 1.00 bits per heavy atom. The number of benzene rings is 2. The zero-order chi connectivity index (χ0) is 24.1. The van der Waals surface area contributed by atoms with Gasteiger partial charge in [0.15, 0.2) is 6.61 Å². The molecule has 34 heavy (non-hydrogen) atoms. The molecule has 3 amide bonds. The maximum Gasteiger partial charge on any atom is 0.262 e. The summed E-state index contributed by atoms with van der Waals surface area (Å²) in [7, 11) is 0. The van der Waals surface area contributed by atoms with Gasteiger partial charge in [-0.1, -0.05) is 6.07 Å². The van der Waals surface area contributed by atoms with Crippen molar-refractivity contribution >= 4 is 40.0 Å². The molecule has 1 aliphatic rings. The summed E-state index contributed by atoms with van der Waals surface area (Å²) in [5.41, 5.74) is 2.24. The van der Waals surface area contributed by atoms with E-state index in [1.807, 2.05) is 48.9 Å². The average Bonchev–Trinajstić information content (AvgIpc) is 3.61. The van der Waals surface area contributed by atoms with E-state index in [0.717, 1.165) is 23.7 Å². The van der Waals surface area contributed by atoms with Gasteiger partial charge in [-0.3, -0.25) is 14.4 Å². The van der Waals surface area contributed by atoms with Gasteiger partial charge in [0.25, 0.3) is 5.91 Å². The fourth-order valence-corrected chi connectivity index (χ4v) is 3.84. The molecule has 8 nitrogen and oxygen atoms in total. The zero-order valence-corrected chi connectivity index (χ0v) is 19.5. The number of nitrogens with zero attached hydrogens (tertiary/aromatic N) is 2. The van der Waals surface area contributed by atoms with Gasteiger partial charge in [-0.25, -0.2) is 0 Å². The minimum Gasteiger partial charge on any atom is -0.484 e. The van der Waals surface area contributed by atoms with Gasteiger partial charge < -0.3 is 24.8 Å². The molecule has 178 valence electrons. The zero-order valence-electron chi connectivity index (χ0n) is 19.5. The Hall–Kier alpha value is -3.81. The Morgan fingerprint density at radius 2 is 1.76 bits per heavy atom. The van der Waals surface area contributed by atoms with Gasteiger partial charge >= 0.3 is 0 Å².